The van der Waals surface area contributed by atoms with E-state index >= 15 is 0 Å². The number of tetrazole rings is 1. The highest BCUT2D eigenvalue weighted by molar-refractivity contribution is 7.98. The van der Waals surface area contributed by atoms with Crippen molar-refractivity contribution in [3.63, 3.8) is 0 Å². The van der Waals surface area contributed by atoms with Gasteiger partial charge in [-0.15, -0.1) is 5.10 Å². The van der Waals surface area contributed by atoms with Crippen molar-refractivity contribution in [3.05, 3.63) is 62.6 Å². The smallest absolute Gasteiger partial charge is 0.325 e. The first kappa shape index (κ1) is 20.1. The summed E-state index contributed by atoms with van der Waals surface area (Å²) in [7, 11) is 1.78. The molecule has 0 unspecified atom stereocenters. The topological polar surface area (TPSA) is 116 Å². The summed E-state index contributed by atoms with van der Waals surface area (Å²) in [6, 6.07) is 9.95. The molecule has 0 aliphatic rings. The van der Waals surface area contributed by atoms with Gasteiger partial charge in [0, 0.05) is 13.6 Å². The Labute approximate surface area is 175 Å². The number of unbranched alkanes of at least 4 members (excludes halogenated alkanes) is 1. The minimum Gasteiger partial charge on any atom is -0.325 e. The van der Waals surface area contributed by atoms with Gasteiger partial charge in [0.2, 0.25) is 5.16 Å². The molecule has 1 aromatic carbocycles. The average molecular weight is 427 g/mol. The van der Waals surface area contributed by atoms with E-state index in [1.54, 1.807) is 16.3 Å². The molecule has 4 aromatic rings. The third-order valence-electron chi connectivity index (χ3n) is 4.85. The van der Waals surface area contributed by atoms with Gasteiger partial charge < -0.3 is 4.57 Å². The maximum atomic E-state index is 12.4. The SMILES string of the molecule is CCCCn1c(=O)[nH]c(=O)c2c1nc(CSc1nnnn1Cc1ccccc1)n2C. The number of aromatic nitrogens is 8. The van der Waals surface area contributed by atoms with E-state index in [4.69, 9.17) is 0 Å². The molecule has 0 saturated carbocycles. The fourth-order valence-corrected chi connectivity index (χ4v) is 4.09. The molecule has 30 heavy (non-hydrogen) atoms. The Balaban J connectivity index is 1.61. The quantitative estimate of drug-likeness (QED) is 0.425. The molecule has 0 bridgehead atoms. The summed E-state index contributed by atoms with van der Waals surface area (Å²) >= 11 is 1.43. The van der Waals surface area contributed by atoms with Crippen molar-refractivity contribution in [2.24, 2.45) is 7.05 Å². The number of benzene rings is 1. The summed E-state index contributed by atoms with van der Waals surface area (Å²) in [6.07, 6.45) is 1.77. The number of nitrogens with zero attached hydrogens (tertiary/aromatic N) is 7. The Morgan fingerprint density at radius 1 is 1.17 bits per heavy atom. The van der Waals surface area contributed by atoms with Crippen LogP contribution in [0.1, 0.15) is 31.2 Å². The van der Waals surface area contributed by atoms with Gasteiger partial charge in [0.15, 0.2) is 11.2 Å². The molecule has 0 amide bonds. The van der Waals surface area contributed by atoms with Crippen LogP contribution in [0.4, 0.5) is 0 Å². The van der Waals surface area contributed by atoms with E-state index in [1.807, 2.05) is 37.3 Å². The van der Waals surface area contributed by atoms with Crippen LogP contribution in [0, 0.1) is 0 Å². The lowest BCUT2D eigenvalue weighted by molar-refractivity contribution is 0.602. The molecule has 3 aromatic heterocycles. The first-order chi connectivity index (χ1) is 14.6. The first-order valence-electron chi connectivity index (χ1n) is 9.69. The van der Waals surface area contributed by atoms with Crippen molar-refractivity contribution in [2.45, 2.75) is 43.8 Å². The minimum atomic E-state index is -0.428. The standard InChI is InChI=1S/C19H22N8O2S/c1-3-4-10-26-16-15(17(28)21-18(26)29)25(2)14(20-16)12-30-19-22-23-24-27(19)11-13-8-6-5-7-9-13/h5-9H,3-4,10-12H2,1-2H3,(H,21,28,29). The fourth-order valence-electron chi connectivity index (χ4n) is 3.23. The number of rotatable bonds is 8. The van der Waals surface area contributed by atoms with Crippen LogP contribution in [0.25, 0.3) is 11.2 Å². The lowest BCUT2D eigenvalue weighted by Gasteiger charge is -2.05. The molecule has 4 rings (SSSR count). The largest absolute Gasteiger partial charge is 0.330 e. The van der Waals surface area contributed by atoms with Crippen molar-refractivity contribution in [3.8, 4) is 0 Å². The van der Waals surface area contributed by atoms with Crippen LogP contribution in [-0.2, 0) is 25.9 Å². The highest BCUT2D eigenvalue weighted by Crippen LogP contribution is 2.21. The summed E-state index contributed by atoms with van der Waals surface area (Å²) in [5, 5.41) is 12.6. The maximum Gasteiger partial charge on any atom is 0.330 e. The summed E-state index contributed by atoms with van der Waals surface area (Å²) < 4.78 is 4.99. The number of thioether (sulfide) groups is 1. The molecule has 0 saturated heterocycles. The van der Waals surface area contributed by atoms with Crippen molar-refractivity contribution in [1.29, 1.82) is 0 Å². The van der Waals surface area contributed by atoms with Crippen LogP contribution in [-0.4, -0.2) is 39.3 Å². The molecular weight excluding hydrogens is 404 g/mol. The van der Waals surface area contributed by atoms with E-state index < -0.39 is 11.2 Å². The van der Waals surface area contributed by atoms with Crippen LogP contribution in [0.3, 0.4) is 0 Å². The number of nitrogens with one attached hydrogen (secondary N) is 1. The molecule has 0 spiro atoms. The molecule has 0 fully saturated rings. The zero-order valence-electron chi connectivity index (χ0n) is 16.8. The molecule has 3 heterocycles. The fraction of sp³-hybridized carbons (Fsp3) is 0.368. The third-order valence-corrected chi connectivity index (χ3v) is 5.80. The summed E-state index contributed by atoms with van der Waals surface area (Å²) in [6.45, 7) is 3.13. The number of hydrogen-bond acceptors (Lipinski definition) is 7. The van der Waals surface area contributed by atoms with Gasteiger partial charge in [-0.2, -0.15) is 0 Å². The Hall–Kier alpha value is -3.21. The van der Waals surface area contributed by atoms with Gasteiger partial charge in [-0.25, -0.2) is 14.5 Å². The average Bonchev–Trinajstić information content (AvgIpc) is 3.31. The second-order valence-electron chi connectivity index (χ2n) is 6.92. The molecule has 1 N–H and O–H groups in total. The molecule has 0 atom stereocenters. The molecule has 156 valence electrons. The summed E-state index contributed by atoms with van der Waals surface area (Å²) in [4.78, 5) is 31.6. The summed E-state index contributed by atoms with van der Waals surface area (Å²) in [5.41, 5.74) is 1.05. The van der Waals surface area contributed by atoms with E-state index in [0.717, 1.165) is 18.4 Å². The Bertz CT molecular complexity index is 1270. The highest BCUT2D eigenvalue weighted by atomic mass is 32.2. The van der Waals surface area contributed by atoms with Crippen LogP contribution in [0.15, 0.2) is 45.1 Å². The number of hydrogen-bond donors (Lipinski definition) is 1. The van der Waals surface area contributed by atoms with Gasteiger partial charge in [-0.1, -0.05) is 55.4 Å². The van der Waals surface area contributed by atoms with Crippen molar-refractivity contribution < 1.29 is 0 Å². The zero-order valence-corrected chi connectivity index (χ0v) is 17.6. The van der Waals surface area contributed by atoms with Gasteiger partial charge >= 0.3 is 5.69 Å². The van der Waals surface area contributed by atoms with Crippen molar-refractivity contribution in [2.75, 3.05) is 0 Å². The van der Waals surface area contributed by atoms with Crippen molar-refractivity contribution >= 4 is 22.9 Å². The highest BCUT2D eigenvalue weighted by Gasteiger charge is 2.17. The van der Waals surface area contributed by atoms with Crippen LogP contribution in [0.5, 0.6) is 0 Å². The van der Waals surface area contributed by atoms with Gasteiger partial charge in [-0.05, 0) is 22.4 Å². The lowest BCUT2D eigenvalue weighted by Crippen LogP contribution is -2.31. The third kappa shape index (κ3) is 3.92. The Morgan fingerprint density at radius 2 is 1.97 bits per heavy atom. The minimum absolute atomic E-state index is 0.394. The van der Waals surface area contributed by atoms with E-state index in [9.17, 15) is 9.59 Å². The second kappa shape index (κ2) is 8.66. The molecule has 10 nitrogen and oxygen atoms in total. The van der Waals surface area contributed by atoms with Gasteiger partial charge in [0.05, 0.1) is 12.3 Å². The normalized spacial score (nSPS) is 11.4. The van der Waals surface area contributed by atoms with E-state index in [-0.39, 0.29) is 0 Å². The number of aryl methyl sites for hydroxylation is 2. The van der Waals surface area contributed by atoms with E-state index in [0.29, 0.717) is 41.0 Å². The summed E-state index contributed by atoms with van der Waals surface area (Å²) in [5.74, 6) is 1.13. The second-order valence-corrected chi connectivity index (χ2v) is 7.86. The van der Waals surface area contributed by atoms with Gasteiger partial charge in [-0.3, -0.25) is 14.3 Å². The zero-order chi connectivity index (χ0) is 21.1. The molecule has 11 heteroatoms. The molecule has 0 radical (unpaired) electrons. The van der Waals surface area contributed by atoms with Crippen LogP contribution < -0.4 is 11.2 Å². The van der Waals surface area contributed by atoms with Gasteiger partial charge in [0.25, 0.3) is 5.56 Å². The Morgan fingerprint density at radius 3 is 2.73 bits per heavy atom. The predicted octanol–water partition coefficient (Wildman–Crippen LogP) is 1.55. The monoisotopic (exact) mass is 426 g/mol. The van der Waals surface area contributed by atoms with Crippen LogP contribution in [0.2, 0.25) is 0 Å². The number of aromatic amines is 1. The van der Waals surface area contributed by atoms with Crippen molar-refractivity contribution in [1.82, 2.24) is 39.3 Å². The predicted molar refractivity (Wildman–Crippen MR) is 113 cm³/mol. The molecule has 0 aliphatic heterocycles. The lowest BCUT2D eigenvalue weighted by atomic mass is 10.2. The molecular formula is C19H22N8O2S. The maximum absolute atomic E-state index is 12.4. The first-order valence-corrected chi connectivity index (χ1v) is 10.7. The van der Waals surface area contributed by atoms with Crippen LogP contribution >= 0.6 is 11.8 Å². The number of fused-ring (bicyclic) bond motifs is 1. The van der Waals surface area contributed by atoms with E-state index in [2.05, 4.69) is 25.5 Å². The number of imidazole rings is 1. The molecule has 0 aliphatic carbocycles. The number of H-pyrrole nitrogens is 1. The van der Waals surface area contributed by atoms with E-state index in [1.165, 1.54) is 16.3 Å². The van der Waals surface area contributed by atoms with Gasteiger partial charge in [0.1, 0.15) is 5.82 Å². The Kier molecular flexibility index (Phi) is 5.79.